The summed E-state index contributed by atoms with van der Waals surface area (Å²) < 4.78 is 0. The van der Waals surface area contributed by atoms with Crippen LogP contribution in [0.2, 0.25) is 0 Å². The van der Waals surface area contributed by atoms with Gasteiger partial charge in [-0.25, -0.2) is 0 Å². The smallest absolute Gasteiger partial charge is 0.229 e. The van der Waals surface area contributed by atoms with Crippen LogP contribution in [-0.2, 0) is 4.79 Å². The molecule has 0 aliphatic heterocycles. The number of nitrogens with two attached hydrogens (primary N) is 1. The van der Waals surface area contributed by atoms with E-state index in [1.165, 1.54) is 0 Å². The lowest BCUT2D eigenvalue weighted by Gasteiger charge is -1.96. The number of amides is 1. The molecule has 14 heavy (non-hydrogen) atoms. The molecule has 0 heterocycles. The lowest BCUT2D eigenvalue weighted by Crippen LogP contribution is -2.08. The van der Waals surface area contributed by atoms with Gasteiger partial charge < -0.3 is 10.8 Å². The number of phenols is 1. The summed E-state index contributed by atoms with van der Waals surface area (Å²) in [7, 11) is 0. The highest BCUT2D eigenvalue weighted by Gasteiger charge is 1.93. The maximum absolute atomic E-state index is 10.4. The minimum atomic E-state index is -0.450. The number of hydrogen-bond acceptors (Lipinski definition) is 2. The minimum absolute atomic E-state index is 0.0364. The van der Waals surface area contributed by atoms with Gasteiger partial charge in [-0.05, 0) is 30.7 Å². The fraction of sp³-hybridized carbons (Fsp3) is 0.182. The third kappa shape index (κ3) is 3.20. The summed E-state index contributed by atoms with van der Waals surface area (Å²) in [4.78, 5) is 10.4. The first-order chi connectivity index (χ1) is 6.58. The Kier molecular flexibility index (Phi) is 3.14. The molecule has 0 fully saturated rings. The molecule has 0 radical (unpaired) electrons. The average Bonchev–Trinajstić information content (AvgIpc) is 2.01. The molecule has 0 saturated carbocycles. The molecule has 1 aromatic rings. The molecule has 1 rings (SSSR count). The molecule has 0 aliphatic rings. The Morgan fingerprint density at radius 2 is 2.21 bits per heavy atom. The van der Waals surface area contributed by atoms with Crippen molar-refractivity contribution in [2.24, 2.45) is 5.73 Å². The van der Waals surface area contributed by atoms with Gasteiger partial charge in [-0.3, -0.25) is 4.79 Å². The number of primary amides is 1. The maximum Gasteiger partial charge on any atom is 0.229 e. The Balaban J connectivity index is 2.84. The van der Waals surface area contributed by atoms with Crippen molar-refractivity contribution in [3.63, 3.8) is 0 Å². The van der Waals surface area contributed by atoms with E-state index in [2.05, 4.69) is 11.8 Å². The van der Waals surface area contributed by atoms with Gasteiger partial charge in [0.15, 0.2) is 0 Å². The molecule has 0 aliphatic carbocycles. The summed E-state index contributed by atoms with van der Waals surface area (Å²) in [6, 6.07) is 5.01. The van der Waals surface area contributed by atoms with Gasteiger partial charge in [0.2, 0.25) is 5.91 Å². The van der Waals surface area contributed by atoms with Crippen LogP contribution in [0.3, 0.4) is 0 Å². The molecule has 0 atom stereocenters. The first-order valence-corrected chi connectivity index (χ1v) is 4.16. The van der Waals surface area contributed by atoms with Gasteiger partial charge >= 0.3 is 0 Å². The van der Waals surface area contributed by atoms with Gasteiger partial charge in [0.05, 0.1) is 6.42 Å². The second-order valence-electron chi connectivity index (χ2n) is 3.00. The second kappa shape index (κ2) is 4.33. The van der Waals surface area contributed by atoms with Crippen molar-refractivity contribution < 1.29 is 9.90 Å². The molecule has 0 unspecified atom stereocenters. The van der Waals surface area contributed by atoms with Gasteiger partial charge in [0.25, 0.3) is 0 Å². The van der Waals surface area contributed by atoms with Crippen LogP contribution in [0.1, 0.15) is 17.5 Å². The third-order valence-electron chi connectivity index (χ3n) is 1.56. The van der Waals surface area contributed by atoms with Crippen LogP contribution in [0, 0.1) is 18.8 Å². The van der Waals surface area contributed by atoms with Crippen molar-refractivity contribution in [2.75, 3.05) is 0 Å². The zero-order chi connectivity index (χ0) is 10.6. The number of carbonyl (C=O) groups is 1. The first-order valence-electron chi connectivity index (χ1n) is 4.16. The van der Waals surface area contributed by atoms with E-state index in [0.29, 0.717) is 5.56 Å². The highest BCUT2D eigenvalue weighted by Crippen LogP contribution is 2.13. The van der Waals surface area contributed by atoms with E-state index in [1.54, 1.807) is 12.1 Å². The molecule has 0 bridgehead atoms. The minimum Gasteiger partial charge on any atom is -0.508 e. The van der Waals surface area contributed by atoms with E-state index in [0.717, 1.165) is 5.56 Å². The Hall–Kier alpha value is -1.95. The number of phenolic OH excluding ortho intramolecular Hbond substituents is 1. The quantitative estimate of drug-likeness (QED) is 0.645. The number of aryl methyl sites for hydroxylation is 1. The van der Waals surface area contributed by atoms with E-state index in [-0.39, 0.29) is 12.2 Å². The van der Waals surface area contributed by atoms with Gasteiger partial charge in [-0.15, -0.1) is 0 Å². The van der Waals surface area contributed by atoms with E-state index in [1.807, 2.05) is 13.0 Å². The fourth-order valence-corrected chi connectivity index (χ4v) is 1.07. The van der Waals surface area contributed by atoms with E-state index in [9.17, 15) is 9.90 Å². The van der Waals surface area contributed by atoms with Gasteiger partial charge in [0, 0.05) is 5.56 Å². The molecular formula is C11H11NO2. The Bertz CT molecular complexity index is 393. The molecule has 0 aromatic heterocycles. The van der Waals surface area contributed by atoms with Crippen molar-refractivity contribution in [1.82, 2.24) is 0 Å². The fourth-order valence-electron chi connectivity index (χ4n) is 1.07. The molecule has 1 aromatic carbocycles. The zero-order valence-corrected chi connectivity index (χ0v) is 7.87. The Morgan fingerprint density at radius 3 is 2.79 bits per heavy atom. The molecule has 0 saturated heterocycles. The third-order valence-corrected chi connectivity index (χ3v) is 1.56. The lowest BCUT2D eigenvalue weighted by molar-refractivity contribution is -0.117. The summed E-state index contributed by atoms with van der Waals surface area (Å²) in [5.74, 6) is 5.09. The monoisotopic (exact) mass is 189 g/mol. The van der Waals surface area contributed by atoms with Crippen molar-refractivity contribution in [2.45, 2.75) is 13.3 Å². The van der Waals surface area contributed by atoms with E-state index < -0.39 is 5.91 Å². The summed E-state index contributed by atoms with van der Waals surface area (Å²) in [5.41, 5.74) is 6.53. The first kappa shape index (κ1) is 10.1. The van der Waals surface area contributed by atoms with Gasteiger partial charge in [-0.1, -0.05) is 11.8 Å². The predicted molar refractivity (Wildman–Crippen MR) is 53.5 cm³/mol. The maximum atomic E-state index is 10.4. The number of benzene rings is 1. The predicted octanol–water partition coefficient (Wildman–Crippen LogP) is 0.928. The summed E-state index contributed by atoms with van der Waals surface area (Å²) in [5, 5.41) is 9.24. The van der Waals surface area contributed by atoms with Crippen molar-refractivity contribution in [3.8, 4) is 17.6 Å². The van der Waals surface area contributed by atoms with Crippen LogP contribution < -0.4 is 5.73 Å². The molecule has 72 valence electrons. The Labute approximate surface area is 82.6 Å². The van der Waals surface area contributed by atoms with Crippen molar-refractivity contribution >= 4 is 5.91 Å². The SMILES string of the molecule is Cc1cc(O)cc(C#CCC(N)=O)c1. The lowest BCUT2D eigenvalue weighted by atomic mass is 10.1. The normalized spacial score (nSPS) is 8.93. The molecule has 3 N–H and O–H groups in total. The standard InChI is InChI=1S/C11H11NO2/c1-8-5-9(7-10(13)6-8)3-2-4-11(12)14/h5-7,13H,4H2,1H3,(H2,12,14). The number of rotatable bonds is 1. The Morgan fingerprint density at radius 1 is 1.50 bits per heavy atom. The number of carbonyl (C=O) groups excluding carboxylic acids is 1. The zero-order valence-electron chi connectivity index (χ0n) is 7.87. The van der Waals surface area contributed by atoms with E-state index >= 15 is 0 Å². The van der Waals surface area contributed by atoms with Crippen molar-refractivity contribution in [1.29, 1.82) is 0 Å². The van der Waals surface area contributed by atoms with Crippen LogP contribution in [0.5, 0.6) is 5.75 Å². The topological polar surface area (TPSA) is 63.3 Å². The molecular weight excluding hydrogens is 178 g/mol. The van der Waals surface area contributed by atoms with Crippen LogP contribution in [0.15, 0.2) is 18.2 Å². The van der Waals surface area contributed by atoms with Gasteiger partial charge in [-0.2, -0.15) is 0 Å². The van der Waals surface area contributed by atoms with E-state index in [4.69, 9.17) is 5.73 Å². The van der Waals surface area contributed by atoms with Gasteiger partial charge in [0.1, 0.15) is 5.75 Å². The molecule has 0 spiro atoms. The largest absolute Gasteiger partial charge is 0.508 e. The average molecular weight is 189 g/mol. The summed E-state index contributed by atoms with van der Waals surface area (Å²) in [6.07, 6.45) is 0.0364. The van der Waals surface area contributed by atoms with Crippen LogP contribution >= 0.6 is 0 Å². The summed E-state index contributed by atoms with van der Waals surface area (Å²) >= 11 is 0. The second-order valence-corrected chi connectivity index (χ2v) is 3.00. The molecule has 1 amide bonds. The molecule has 3 nitrogen and oxygen atoms in total. The number of hydrogen-bond donors (Lipinski definition) is 2. The molecule has 3 heteroatoms. The summed E-state index contributed by atoms with van der Waals surface area (Å²) in [6.45, 7) is 1.86. The number of aromatic hydroxyl groups is 1. The van der Waals surface area contributed by atoms with Crippen LogP contribution in [-0.4, -0.2) is 11.0 Å². The highest BCUT2D eigenvalue weighted by molar-refractivity contribution is 5.76. The van der Waals surface area contributed by atoms with Crippen LogP contribution in [0.25, 0.3) is 0 Å². The van der Waals surface area contributed by atoms with Crippen LogP contribution in [0.4, 0.5) is 0 Å². The van der Waals surface area contributed by atoms with Crippen molar-refractivity contribution in [3.05, 3.63) is 29.3 Å². The highest BCUT2D eigenvalue weighted by atomic mass is 16.3.